The van der Waals surface area contributed by atoms with Crippen molar-refractivity contribution in [1.29, 1.82) is 0 Å². The lowest BCUT2D eigenvalue weighted by atomic mass is 10.1. The van der Waals surface area contributed by atoms with Crippen LogP contribution in [0.3, 0.4) is 0 Å². The lowest BCUT2D eigenvalue weighted by Gasteiger charge is -2.36. The molecule has 0 radical (unpaired) electrons. The normalized spacial score (nSPS) is 16.0. The van der Waals surface area contributed by atoms with Gasteiger partial charge in [0.05, 0.1) is 6.61 Å². The van der Waals surface area contributed by atoms with Crippen molar-refractivity contribution in [2.45, 2.75) is 51.7 Å². The summed E-state index contributed by atoms with van der Waals surface area (Å²) in [4.78, 5) is 2.47. The van der Waals surface area contributed by atoms with Crippen molar-refractivity contribution >= 4 is 11.8 Å². The minimum Gasteiger partial charge on any atom is -0.383 e. The molecule has 2 atom stereocenters. The summed E-state index contributed by atoms with van der Waals surface area (Å²) in [6, 6.07) is 1.06. The zero-order valence-electron chi connectivity index (χ0n) is 13.2. The fraction of sp³-hybridized carbons (Fsp3) is 1.00. The molecular weight excluding hydrogens is 244 g/mol. The third kappa shape index (κ3) is 7.62. The summed E-state index contributed by atoms with van der Waals surface area (Å²) >= 11 is 1.92. The molecule has 4 heteroatoms. The molecule has 0 aromatic carbocycles. The highest BCUT2D eigenvalue weighted by Crippen LogP contribution is 2.12. The van der Waals surface area contributed by atoms with Gasteiger partial charge in [0.2, 0.25) is 0 Å². The van der Waals surface area contributed by atoms with Crippen LogP contribution in [-0.2, 0) is 4.74 Å². The summed E-state index contributed by atoms with van der Waals surface area (Å²) < 4.78 is 5.37. The van der Waals surface area contributed by atoms with Crippen molar-refractivity contribution in [2.75, 3.05) is 39.3 Å². The SMILES string of the molecule is CCC(CSC)N(C)C(CNC(C)(C)C)COC. The van der Waals surface area contributed by atoms with Gasteiger partial charge in [-0.25, -0.2) is 0 Å². The van der Waals surface area contributed by atoms with Gasteiger partial charge in [-0.3, -0.25) is 4.90 Å². The number of nitrogens with one attached hydrogen (secondary N) is 1. The topological polar surface area (TPSA) is 24.5 Å². The minimum atomic E-state index is 0.161. The van der Waals surface area contributed by atoms with Crippen molar-refractivity contribution < 1.29 is 4.74 Å². The number of likely N-dealkylation sites (N-methyl/N-ethyl adjacent to an activating group) is 1. The number of hydrogen-bond acceptors (Lipinski definition) is 4. The Labute approximate surface area is 118 Å². The van der Waals surface area contributed by atoms with Crippen molar-refractivity contribution in [3.63, 3.8) is 0 Å². The Kier molecular flexibility index (Phi) is 9.30. The van der Waals surface area contributed by atoms with Crippen molar-refractivity contribution in [2.24, 2.45) is 0 Å². The third-order valence-corrected chi connectivity index (χ3v) is 3.93. The second-order valence-electron chi connectivity index (χ2n) is 5.92. The quantitative estimate of drug-likeness (QED) is 0.699. The van der Waals surface area contributed by atoms with Crippen molar-refractivity contribution in [3.05, 3.63) is 0 Å². The molecule has 1 N–H and O–H groups in total. The van der Waals surface area contributed by atoms with Gasteiger partial charge < -0.3 is 10.1 Å². The Morgan fingerprint density at radius 1 is 1.28 bits per heavy atom. The van der Waals surface area contributed by atoms with Gasteiger partial charge in [-0.1, -0.05) is 6.92 Å². The molecule has 0 aromatic rings. The van der Waals surface area contributed by atoms with Crippen LogP contribution in [0.1, 0.15) is 34.1 Å². The van der Waals surface area contributed by atoms with E-state index in [0.717, 1.165) is 13.2 Å². The van der Waals surface area contributed by atoms with E-state index in [1.807, 2.05) is 11.8 Å². The summed E-state index contributed by atoms with van der Waals surface area (Å²) in [5.41, 5.74) is 0.161. The predicted molar refractivity (Wildman–Crippen MR) is 83.6 cm³/mol. The number of hydrogen-bond donors (Lipinski definition) is 1. The summed E-state index contributed by atoms with van der Waals surface area (Å²) in [5.74, 6) is 1.18. The zero-order valence-corrected chi connectivity index (χ0v) is 14.1. The third-order valence-electron chi connectivity index (χ3n) is 3.21. The monoisotopic (exact) mass is 276 g/mol. The predicted octanol–water partition coefficient (Wildman–Crippen LogP) is 2.46. The molecule has 0 aromatic heterocycles. The van der Waals surface area contributed by atoms with Crippen LogP contribution in [0.4, 0.5) is 0 Å². The highest BCUT2D eigenvalue weighted by molar-refractivity contribution is 7.98. The Hall–Kier alpha value is 0.230. The van der Waals surface area contributed by atoms with Crippen LogP contribution < -0.4 is 5.32 Å². The van der Waals surface area contributed by atoms with E-state index >= 15 is 0 Å². The van der Waals surface area contributed by atoms with E-state index in [1.165, 1.54) is 12.2 Å². The first kappa shape index (κ1) is 18.2. The molecule has 0 fully saturated rings. The van der Waals surface area contributed by atoms with E-state index in [2.05, 4.69) is 51.2 Å². The van der Waals surface area contributed by atoms with Gasteiger partial charge in [0.25, 0.3) is 0 Å². The van der Waals surface area contributed by atoms with E-state index < -0.39 is 0 Å². The van der Waals surface area contributed by atoms with E-state index in [9.17, 15) is 0 Å². The summed E-state index contributed by atoms with van der Waals surface area (Å²) in [6.45, 7) is 10.6. The lowest BCUT2D eigenvalue weighted by Crippen LogP contribution is -2.51. The van der Waals surface area contributed by atoms with E-state index in [1.54, 1.807) is 7.11 Å². The van der Waals surface area contributed by atoms with Crippen molar-refractivity contribution in [3.8, 4) is 0 Å². The molecule has 3 nitrogen and oxygen atoms in total. The number of nitrogens with zero attached hydrogens (tertiary/aromatic N) is 1. The summed E-state index contributed by atoms with van der Waals surface area (Å²) in [5, 5.41) is 3.58. The molecule has 18 heavy (non-hydrogen) atoms. The largest absolute Gasteiger partial charge is 0.383 e. The van der Waals surface area contributed by atoms with Crippen LogP contribution in [0, 0.1) is 0 Å². The molecule has 110 valence electrons. The molecule has 0 saturated carbocycles. The molecule has 0 aliphatic carbocycles. The first-order valence-corrected chi connectivity index (χ1v) is 8.19. The summed E-state index contributed by atoms with van der Waals surface area (Å²) in [6.07, 6.45) is 3.36. The molecule has 0 spiro atoms. The van der Waals surface area contributed by atoms with Gasteiger partial charge in [0, 0.05) is 37.0 Å². The van der Waals surface area contributed by atoms with Crippen LogP contribution in [-0.4, -0.2) is 61.8 Å². The Balaban J connectivity index is 4.45. The van der Waals surface area contributed by atoms with Gasteiger partial charge in [0.15, 0.2) is 0 Å². The standard InChI is InChI=1S/C14H32N2OS/c1-8-12(11-18-7)16(5)13(10-17-6)9-15-14(2,3)4/h12-13,15H,8-11H2,1-7H3. The Morgan fingerprint density at radius 2 is 1.89 bits per heavy atom. The van der Waals surface area contributed by atoms with E-state index in [-0.39, 0.29) is 5.54 Å². The number of ether oxygens (including phenoxy) is 1. The average molecular weight is 276 g/mol. The first-order valence-electron chi connectivity index (χ1n) is 6.80. The molecular formula is C14H32N2OS. The maximum absolute atomic E-state index is 5.37. The maximum atomic E-state index is 5.37. The average Bonchev–Trinajstić information content (AvgIpc) is 2.29. The Morgan fingerprint density at radius 3 is 2.28 bits per heavy atom. The van der Waals surface area contributed by atoms with Gasteiger partial charge >= 0.3 is 0 Å². The smallest absolute Gasteiger partial charge is 0.0630 e. The zero-order chi connectivity index (χ0) is 14.2. The molecule has 0 aliphatic rings. The minimum absolute atomic E-state index is 0.161. The first-order chi connectivity index (χ1) is 8.35. The van der Waals surface area contributed by atoms with Crippen LogP contribution in [0.15, 0.2) is 0 Å². The van der Waals surface area contributed by atoms with Gasteiger partial charge in [-0.2, -0.15) is 11.8 Å². The van der Waals surface area contributed by atoms with Crippen LogP contribution >= 0.6 is 11.8 Å². The second kappa shape index (κ2) is 9.18. The Bertz CT molecular complexity index is 206. The fourth-order valence-electron chi connectivity index (χ4n) is 1.95. The van der Waals surface area contributed by atoms with Crippen LogP contribution in [0.2, 0.25) is 0 Å². The number of rotatable bonds is 9. The second-order valence-corrected chi connectivity index (χ2v) is 6.83. The van der Waals surface area contributed by atoms with Crippen molar-refractivity contribution in [1.82, 2.24) is 10.2 Å². The van der Waals surface area contributed by atoms with Gasteiger partial charge in [-0.05, 0) is 40.5 Å². The van der Waals surface area contributed by atoms with E-state index in [4.69, 9.17) is 4.74 Å². The van der Waals surface area contributed by atoms with Gasteiger partial charge in [-0.15, -0.1) is 0 Å². The molecule has 0 bridgehead atoms. The number of thioether (sulfide) groups is 1. The highest BCUT2D eigenvalue weighted by atomic mass is 32.2. The number of methoxy groups -OCH3 is 1. The molecule has 0 aliphatic heterocycles. The molecule has 0 heterocycles. The highest BCUT2D eigenvalue weighted by Gasteiger charge is 2.22. The lowest BCUT2D eigenvalue weighted by molar-refractivity contribution is 0.0802. The molecule has 0 amide bonds. The summed E-state index contributed by atoms with van der Waals surface area (Å²) in [7, 11) is 4.01. The molecule has 2 unspecified atom stereocenters. The maximum Gasteiger partial charge on any atom is 0.0630 e. The fourth-order valence-corrected chi connectivity index (χ4v) is 2.81. The van der Waals surface area contributed by atoms with Crippen LogP contribution in [0.25, 0.3) is 0 Å². The molecule has 0 rings (SSSR count). The van der Waals surface area contributed by atoms with Gasteiger partial charge in [0.1, 0.15) is 0 Å². The van der Waals surface area contributed by atoms with E-state index in [0.29, 0.717) is 12.1 Å². The van der Waals surface area contributed by atoms with Crippen LogP contribution in [0.5, 0.6) is 0 Å². The molecule has 0 saturated heterocycles.